The molecular weight excluding hydrogens is 587 g/mol. The van der Waals surface area contributed by atoms with Crippen LogP contribution in [0.25, 0.3) is 0 Å². The van der Waals surface area contributed by atoms with Gasteiger partial charge in [-0.25, -0.2) is 9.59 Å². The zero-order valence-corrected chi connectivity index (χ0v) is 22.5. The number of piperidine rings is 1. The molecule has 232 valence electrons. The summed E-state index contributed by atoms with van der Waals surface area (Å²) in [5, 5.41) is 31.5. The number of phenols is 1. The van der Waals surface area contributed by atoms with Gasteiger partial charge in [-0.2, -0.15) is 13.2 Å². The SMILES string of the molecule is CN1CC[C@]23c4c5ccc(O)c4O[C@H]2C(OC(=O)CCC(=O)O[C@@H](CC(=O)O)C(=O)OC(=O)C(F)(F)F)=CC[C@@]3(O)[C@H]1C5. The highest BCUT2D eigenvalue weighted by atomic mass is 19.4. The number of aliphatic carboxylic acids is 1. The van der Waals surface area contributed by atoms with Crippen LogP contribution in [0.4, 0.5) is 13.2 Å². The van der Waals surface area contributed by atoms with Crippen molar-refractivity contribution in [3.8, 4) is 11.5 Å². The maximum Gasteiger partial charge on any atom is 0.491 e. The van der Waals surface area contributed by atoms with Gasteiger partial charge in [-0.05, 0) is 44.1 Å². The third-order valence-corrected chi connectivity index (χ3v) is 8.44. The summed E-state index contributed by atoms with van der Waals surface area (Å²) in [4.78, 5) is 60.8. The number of benzene rings is 1. The number of ether oxygens (including phenoxy) is 4. The molecule has 1 spiro atoms. The molecule has 1 aromatic rings. The minimum atomic E-state index is -5.56. The first-order valence-electron chi connectivity index (χ1n) is 13.2. The van der Waals surface area contributed by atoms with Gasteiger partial charge in [0.15, 0.2) is 17.6 Å². The lowest BCUT2D eigenvalue weighted by molar-refractivity contribution is -0.206. The summed E-state index contributed by atoms with van der Waals surface area (Å²) >= 11 is 0. The predicted molar refractivity (Wildman–Crippen MR) is 131 cm³/mol. The number of hydrogen-bond donors (Lipinski definition) is 3. The molecule has 5 rings (SSSR count). The Morgan fingerprint density at radius 2 is 1.86 bits per heavy atom. The molecule has 1 saturated heterocycles. The van der Waals surface area contributed by atoms with Crippen LogP contribution in [-0.4, -0.2) is 93.7 Å². The van der Waals surface area contributed by atoms with Crippen LogP contribution in [0.5, 0.6) is 11.5 Å². The number of halogens is 3. The smallest absolute Gasteiger partial charge is 0.491 e. The van der Waals surface area contributed by atoms with Crippen molar-refractivity contribution in [2.45, 2.75) is 74.0 Å². The Balaban J connectivity index is 1.27. The van der Waals surface area contributed by atoms with Crippen LogP contribution < -0.4 is 4.74 Å². The van der Waals surface area contributed by atoms with E-state index in [9.17, 15) is 47.4 Å². The fourth-order valence-corrected chi connectivity index (χ4v) is 6.59. The second-order valence-corrected chi connectivity index (χ2v) is 10.9. The molecule has 0 unspecified atom stereocenters. The first-order chi connectivity index (χ1) is 20.1. The molecule has 0 radical (unpaired) electrons. The fourth-order valence-electron chi connectivity index (χ4n) is 6.59. The highest BCUT2D eigenvalue weighted by molar-refractivity contribution is 5.93. The number of likely N-dealkylation sites (N-methyl/N-ethyl adjacent to an activating group) is 1. The number of nitrogens with zero attached hydrogens (tertiary/aromatic N) is 1. The molecule has 0 saturated carbocycles. The van der Waals surface area contributed by atoms with Gasteiger partial charge in [0.2, 0.25) is 6.10 Å². The van der Waals surface area contributed by atoms with Crippen molar-refractivity contribution in [1.82, 2.24) is 4.90 Å². The molecule has 2 bridgehead atoms. The Hall–Kier alpha value is -4.18. The van der Waals surface area contributed by atoms with E-state index in [1.54, 1.807) is 6.07 Å². The summed E-state index contributed by atoms with van der Waals surface area (Å²) in [6, 6.07) is 2.99. The third-order valence-electron chi connectivity index (χ3n) is 8.44. The summed E-state index contributed by atoms with van der Waals surface area (Å²) in [7, 11) is 1.90. The molecule has 2 heterocycles. The molecule has 2 aliphatic carbocycles. The molecule has 0 amide bonds. The second kappa shape index (κ2) is 10.5. The Morgan fingerprint density at radius 1 is 1.16 bits per heavy atom. The van der Waals surface area contributed by atoms with Gasteiger partial charge in [0.25, 0.3) is 0 Å². The zero-order valence-electron chi connectivity index (χ0n) is 22.5. The van der Waals surface area contributed by atoms with E-state index in [1.807, 2.05) is 7.05 Å². The van der Waals surface area contributed by atoms with Crippen LogP contribution in [0.3, 0.4) is 0 Å². The number of rotatable bonds is 8. The number of aromatic hydroxyl groups is 1. The average Bonchev–Trinajstić information content (AvgIpc) is 3.27. The van der Waals surface area contributed by atoms with Gasteiger partial charge in [-0.3, -0.25) is 14.4 Å². The van der Waals surface area contributed by atoms with E-state index < -0.39 is 78.5 Å². The van der Waals surface area contributed by atoms with E-state index in [1.165, 1.54) is 12.1 Å². The van der Waals surface area contributed by atoms with Crippen LogP contribution in [0.1, 0.15) is 43.2 Å². The van der Waals surface area contributed by atoms with Gasteiger partial charge in [0.1, 0.15) is 5.76 Å². The minimum Gasteiger partial charge on any atom is -0.504 e. The summed E-state index contributed by atoms with van der Waals surface area (Å²) in [5.74, 6) is -8.95. The molecule has 2 aliphatic heterocycles. The molecule has 1 aromatic carbocycles. The van der Waals surface area contributed by atoms with Crippen LogP contribution in [0.2, 0.25) is 0 Å². The number of aliphatic hydroxyl groups is 1. The van der Waals surface area contributed by atoms with E-state index in [0.717, 1.165) is 5.56 Å². The lowest BCUT2D eigenvalue weighted by Crippen LogP contribution is -2.74. The normalized spacial score (nSPS) is 27.6. The number of likely N-dealkylation sites (tertiary alicyclic amines) is 1. The van der Waals surface area contributed by atoms with Gasteiger partial charge in [0.05, 0.1) is 30.3 Å². The van der Waals surface area contributed by atoms with Crippen LogP contribution in [0, 0.1) is 0 Å². The lowest BCUT2D eigenvalue weighted by atomic mass is 9.50. The Kier molecular flexibility index (Phi) is 7.41. The topological polar surface area (TPSA) is 186 Å². The Bertz CT molecular complexity index is 1440. The molecule has 5 atom stereocenters. The van der Waals surface area contributed by atoms with Crippen molar-refractivity contribution in [2.75, 3.05) is 13.6 Å². The summed E-state index contributed by atoms with van der Waals surface area (Å²) < 4.78 is 57.0. The number of carbonyl (C=O) groups is 5. The fraction of sp³-hybridized carbons (Fsp3) is 0.519. The van der Waals surface area contributed by atoms with Crippen LogP contribution in [-0.2, 0) is 50.0 Å². The molecule has 0 aromatic heterocycles. The van der Waals surface area contributed by atoms with Crippen molar-refractivity contribution in [3.63, 3.8) is 0 Å². The molecular formula is C27H26F3NO12. The van der Waals surface area contributed by atoms with Crippen molar-refractivity contribution < 1.29 is 71.4 Å². The number of phenolic OH excluding ortho intramolecular Hbond substituents is 1. The quantitative estimate of drug-likeness (QED) is 0.215. The monoisotopic (exact) mass is 613 g/mol. The molecule has 3 N–H and O–H groups in total. The van der Waals surface area contributed by atoms with Crippen molar-refractivity contribution in [2.24, 2.45) is 0 Å². The number of carboxylic acid groups (broad SMARTS) is 1. The number of carboxylic acids is 1. The predicted octanol–water partition coefficient (Wildman–Crippen LogP) is 1.01. The highest BCUT2D eigenvalue weighted by Crippen LogP contribution is 2.65. The van der Waals surface area contributed by atoms with Gasteiger partial charge < -0.3 is 39.2 Å². The van der Waals surface area contributed by atoms with Gasteiger partial charge >= 0.3 is 36.0 Å². The van der Waals surface area contributed by atoms with Crippen molar-refractivity contribution in [1.29, 1.82) is 0 Å². The van der Waals surface area contributed by atoms with Crippen LogP contribution >= 0.6 is 0 Å². The lowest BCUT2D eigenvalue weighted by Gasteiger charge is -2.61. The number of hydrogen-bond acceptors (Lipinski definition) is 12. The molecule has 43 heavy (non-hydrogen) atoms. The van der Waals surface area contributed by atoms with Gasteiger partial charge in [-0.15, -0.1) is 0 Å². The number of carbonyl (C=O) groups excluding carboxylic acids is 4. The summed E-state index contributed by atoms with van der Waals surface area (Å²) in [6.07, 6.45) is -9.13. The number of esters is 4. The van der Waals surface area contributed by atoms with E-state index in [-0.39, 0.29) is 29.7 Å². The largest absolute Gasteiger partial charge is 0.504 e. The molecule has 13 nitrogen and oxygen atoms in total. The summed E-state index contributed by atoms with van der Waals surface area (Å²) in [5.41, 5.74) is -0.793. The maximum atomic E-state index is 12.8. The molecule has 4 aliphatic rings. The standard InChI is InChI=1S/C27H26F3NO12/c1-31-9-8-25-20-12-2-3-13(32)21(20)42-22(25)14(6-7-26(25,39)16(31)10-12)40-18(35)4-5-19(36)41-15(11-17(33)34)23(37)43-24(38)27(28,29)30/h2-3,6,15-16,22,32,39H,4-5,7-11H2,1H3,(H,33,34)/t15-,16+,22-,25-,26+/m0/s1. The summed E-state index contributed by atoms with van der Waals surface area (Å²) in [6.45, 7) is 0.586. The van der Waals surface area contributed by atoms with E-state index >= 15 is 0 Å². The third kappa shape index (κ3) is 4.97. The molecule has 16 heteroatoms. The average molecular weight is 613 g/mol. The van der Waals surface area contributed by atoms with Gasteiger partial charge in [0, 0.05) is 18.0 Å². The first-order valence-corrected chi connectivity index (χ1v) is 13.2. The van der Waals surface area contributed by atoms with Gasteiger partial charge in [-0.1, -0.05) is 6.07 Å². The highest BCUT2D eigenvalue weighted by Gasteiger charge is 2.72. The van der Waals surface area contributed by atoms with E-state index in [2.05, 4.69) is 14.4 Å². The second-order valence-electron chi connectivity index (χ2n) is 10.9. The Morgan fingerprint density at radius 3 is 2.53 bits per heavy atom. The van der Waals surface area contributed by atoms with Crippen LogP contribution in [0.15, 0.2) is 24.0 Å². The zero-order chi connectivity index (χ0) is 31.5. The van der Waals surface area contributed by atoms with E-state index in [0.29, 0.717) is 24.9 Å². The van der Waals surface area contributed by atoms with Crippen molar-refractivity contribution in [3.05, 3.63) is 35.1 Å². The van der Waals surface area contributed by atoms with Crippen molar-refractivity contribution >= 4 is 29.8 Å². The Labute approximate surface area is 240 Å². The maximum absolute atomic E-state index is 12.8. The van der Waals surface area contributed by atoms with E-state index in [4.69, 9.17) is 14.6 Å². The number of alkyl halides is 3. The first kappa shape index (κ1) is 30.3. The molecule has 1 fully saturated rings. The minimum absolute atomic E-state index is 0.0489.